The van der Waals surface area contributed by atoms with Crippen molar-refractivity contribution in [1.29, 1.82) is 0 Å². The molecule has 1 N–H and O–H groups in total. The van der Waals surface area contributed by atoms with Crippen LogP contribution in [0.2, 0.25) is 0 Å². The minimum atomic E-state index is -0.874. The number of halogens is 2. The van der Waals surface area contributed by atoms with E-state index in [2.05, 4.69) is 0 Å². The first-order chi connectivity index (χ1) is 7.09. The van der Waals surface area contributed by atoms with E-state index in [9.17, 15) is 13.6 Å². The van der Waals surface area contributed by atoms with Gasteiger partial charge in [-0.3, -0.25) is 4.79 Å². The summed E-state index contributed by atoms with van der Waals surface area (Å²) in [5.41, 5.74) is -0.551. The Kier molecular flexibility index (Phi) is 2.40. The highest BCUT2D eigenvalue weighted by Crippen LogP contribution is 2.18. The van der Waals surface area contributed by atoms with Crippen molar-refractivity contribution in [1.82, 2.24) is 4.90 Å². The predicted molar refractivity (Wildman–Crippen MR) is 48.3 cm³/mol. The summed E-state index contributed by atoms with van der Waals surface area (Å²) in [6.45, 7) is 0.263. The second-order valence-corrected chi connectivity index (χ2v) is 3.46. The van der Waals surface area contributed by atoms with Gasteiger partial charge in [0.25, 0.3) is 5.91 Å². The molecule has 1 amide bonds. The van der Waals surface area contributed by atoms with Crippen LogP contribution in [0.5, 0.6) is 0 Å². The average Bonchev–Trinajstić information content (AvgIpc) is 2.12. The zero-order valence-corrected chi connectivity index (χ0v) is 7.78. The Morgan fingerprint density at radius 2 is 1.87 bits per heavy atom. The summed E-state index contributed by atoms with van der Waals surface area (Å²) < 4.78 is 26.3. The summed E-state index contributed by atoms with van der Waals surface area (Å²) in [7, 11) is 0. The second-order valence-electron chi connectivity index (χ2n) is 3.46. The van der Waals surface area contributed by atoms with Gasteiger partial charge in [-0.05, 0) is 12.1 Å². The first-order valence-corrected chi connectivity index (χ1v) is 4.51. The molecule has 0 unspecified atom stereocenters. The summed E-state index contributed by atoms with van der Waals surface area (Å²) in [5.74, 6) is -2.46. The molecular weight excluding hydrogens is 204 g/mol. The van der Waals surface area contributed by atoms with E-state index in [4.69, 9.17) is 5.11 Å². The van der Waals surface area contributed by atoms with Gasteiger partial charge in [0, 0.05) is 13.1 Å². The number of benzene rings is 1. The average molecular weight is 213 g/mol. The summed E-state index contributed by atoms with van der Waals surface area (Å²) in [4.78, 5) is 12.7. The van der Waals surface area contributed by atoms with Crippen molar-refractivity contribution >= 4 is 5.91 Å². The maximum absolute atomic E-state index is 13.2. The van der Waals surface area contributed by atoms with E-state index < -0.39 is 29.2 Å². The Balaban J connectivity index is 2.26. The van der Waals surface area contributed by atoms with Gasteiger partial charge in [-0.15, -0.1) is 0 Å². The number of aliphatic hydroxyl groups is 1. The van der Waals surface area contributed by atoms with E-state index in [1.54, 1.807) is 0 Å². The predicted octanol–water partition coefficient (Wildman–Crippen LogP) is 0.782. The first-order valence-electron chi connectivity index (χ1n) is 4.51. The van der Waals surface area contributed by atoms with E-state index in [0.717, 1.165) is 12.1 Å². The molecule has 0 bridgehead atoms. The topological polar surface area (TPSA) is 40.5 Å². The van der Waals surface area contributed by atoms with Gasteiger partial charge in [0.05, 0.1) is 6.10 Å². The number of hydrogen-bond donors (Lipinski definition) is 1. The number of carbonyl (C=O) groups is 1. The molecular formula is C10H9F2NO2. The zero-order valence-electron chi connectivity index (χ0n) is 7.78. The number of likely N-dealkylation sites (tertiary alicyclic amines) is 1. The third-order valence-electron chi connectivity index (χ3n) is 2.33. The number of carbonyl (C=O) groups excluding carboxylic acids is 1. The number of β-amino-alcohol motifs (C(OH)–C–C–N with tert-alkyl or cyclic N) is 1. The van der Waals surface area contributed by atoms with Crippen LogP contribution in [-0.2, 0) is 0 Å². The summed E-state index contributed by atoms with van der Waals surface area (Å²) in [6, 6.07) is 3.27. The quantitative estimate of drug-likeness (QED) is 0.749. The fourth-order valence-corrected chi connectivity index (χ4v) is 1.48. The summed E-state index contributed by atoms with van der Waals surface area (Å²) >= 11 is 0. The molecule has 1 aliphatic heterocycles. The molecule has 5 heteroatoms. The van der Waals surface area contributed by atoms with Gasteiger partial charge in [0.15, 0.2) is 0 Å². The summed E-state index contributed by atoms with van der Waals surface area (Å²) in [6.07, 6.45) is -0.580. The molecule has 15 heavy (non-hydrogen) atoms. The van der Waals surface area contributed by atoms with Crippen LogP contribution >= 0.6 is 0 Å². The van der Waals surface area contributed by atoms with Gasteiger partial charge in [-0.1, -0.05) is 6.07 Å². The van der Waals surface area contributed by atoms with Crippen molar-refractivity contribution in [3.63, 3.8) is 0 Å². The molecule has 0 aromatic heterocycles. The van der Waals surface area contributed by atoms with Crippen LogP contribution < -0.4 is 0 Å². The van der Waals surface area contributed by atoms with Crippen molar-refractivity contribution in [2.75, 3.05) is 13.1 Å². The molecule has 0 radical (unpaired) electrons. The Labute approximate surface area is 84.9 Å². The van der Waals surface area contributed by atoms with Crippen molar-refractivity contribution in [2.24, 2.45) is 0 Å². The van der Waals surface area contributed by atoms with Crippen LogP contribution in [0.4, 0.5) is 8.78 Å². The molecule has 1 aromatic carbocycles. The van der Waals surface area contributed by atoms with E-state index in [1.165, 1.54) is 11.0 Å². The Hall–Kier alpha value is -1.49. The lowest BCUT2D eigenvalue weighted by Gasteiger charge is -2.35. The minimum absolute atomic E-state index is 0.132. The van der Waals surface area contributed by atoms with Crippen LogP contribution in [0.25, 0.3) is 0 Å². The van der Waals surface area contributed by atoms with Crippen LogP contribution in [0.15, 0.2) is 18.2 Å². The lowest BCUT2D eigenvalue weighted by Crippen LogP contribution is -2.53. The van der Waals surface area contributed by atoms with Crippen molar-refractivity contribution in [2.45, 2.75) is 6.10 Å². The van der Waals surface area contributed by atoms with E-state index in [0.29, 0.717) is 0 Å². The fourth-order valence-electron chi connectivity index (χ4n) is 1.48. The second kappa shape index (κ2) is 3.58. The molecule has 1 fully saturated rings. The molecule has 1 aliphatic rings. The van der Waals surface area contributed by atoms with Crippen LogP contribution in [-0.4, -0.2) is 35.1 Å². The zero-order chi connectivity index (χ0) is 11.0. The number of hydrogen-bond acceptors (Lipinski definition) is 2. The third kappa shape index (κ3) is 1.70. The largest absolute Gasteiger partial charge is 0.389 e. The number of nitrogens with zero attached hydrogens (tertiary/aromatic N) is 1. The highest BCUT2D eigenvalue weighted by molar-refractivity contribution is 5.95. The number of rotatable bonds is 1. The van der Waals surface area contributed by atoms with Crippen molar-refractivity contribution in [3.8, 4) is 0 Å². The molecule has 80 valence electrons. The van der Waals surface area contributed by atoms with Gasteiger partial charge in [0.1, 0.15) is 17.2 Å². The smallest absolute Gasteiger partial charge is 0.260 e. The fraction of sp³-hybridized carbons (Fsp3) is 0.300. The molecule has 1 aromatic rings. The number of aliphatic hydroxyl groups excluding tert-OH is 1. The van der Waals surface area contributed by atoms with Crippen LogP contribution in [0.3, 0.4) is 0 Å². The molecule has 1 heterocycles. The van der Waals surface area contributed by atoms with Crippen LogP contribution in [0.1, 0.15) is 10.4 Å². The SMILES string of the molecule is O=C(c1c(F)cccc1F)N1CC(O)C1. The number of amides is 1. The molecule has 0 aliphatic carbocycles. The van der Waals surface area contributed by atoms with E-state index in [-0.39, 0.29) is 13.1 Å². The van der Waals surface area contributed by atoms with Gasteiger partial charge < -0.3 is 10.0 Å². The molecule has 0 spiro atoms. The van der Waals surface area contributed by atoms with Gasteiger partial charge in [-0.2, -0.15) is 0 Å². The normalized spacial score (nSPS) is 16.3. The molecule has 1 saturated heterocycles. The molecule has 0 saturated carbocycles. The highest BCUT2D eigenvalue weighted by Gasteiger charge is 2.32. The van der Waals surface area contributed by atoms with E-state index >= 15 is 0 Å². The maximum atomic E-state index is 13.2. The lowest BCUT2D eigenvalue weighted by molar-refractivity contribution is 0.00526. The molecule has 3 nitrogen and oxygen atoms in total. The first kappa shape index (κ1) is 10.0. The Morgan fingerprint density at radius 1 is 1.33 bits per heavy atom. The Morgan fingerprint density at radius 3 is 2.33 bits per heavy atom. The maximum Gasteiger partial charge on any atom is 0.260 e. The highest BCUT2D eigenvalue weighted by atomic mass is 19.1. The lowest BCUT2D eigenvalue weighted by atomic mass is 10.1. The monoisotopic (exact) mass is 213 g/mol. The van der Waals surface area contributed by atoms with Crippen LogP contribution in [0, 0.1) is 11.6 Å². The Bertz CT molecular complexity index is 382. The third-order valence-corrected chi connectivity index (χ3v) is 2.33. The standard InChI is InChI=1S/C10H9F2NO2/c11-7-2-1-3-8(12)9(7)10(15)13-4-6(14)5-13/h1-3,6,14H,4-5H2. The van der Waals surface area contributed by atoms with Gasteiger partial charge in [0.2, 0.25) is 0 Å². The summed E-state index contributed by atoms with van der Waals surface area (Å²) in [5, 5.41) is 8.97. The van der Waals surface area contributed by atoms with Crippen molar-refractivity contribution < 1.29 is 18.7 Å². The van der Waals surface area contributed by atoms with Gasteiger partial charge in [-0.25, -0.2) is 8.78 Å². The molecule has 0 atom stereocenters. The minimum Gasteiger partial charge on any atom is -0.389 e. The molecule has 2 rings (SSSR count). The van der Waals surface area contributed by atoms with Gasteiger partial charge >= 0.3 is 0 Å². The van der Waals surface area contributed by atoms with E-state index in [1.807, 2.05) is 0 Å². The van der Waals surface area contributed by atoms with Crippen molar-refractivity contribution in [3.05, 3.63) is 35.4 Å².